The highest BCUT2D eigenvalue weighted by atomic mass is 32.2. The monoisotopic (exact) mass is 242 g/mol. The maximum Gasteiger partial charge on any atom is 0.327 e. The van der Waals surface area contributed by atoms with Crippen LogP contribution in [0.2, 0.25) is 0 Å². The molecule has 16 heavy (non-hydrogen) atoms. The molecule has 0 aromatic heterocycles. The predicted octanol–water partition coefficient (Wildman–Crippen LogP) is 2.29. The Morgan fingerprint density at radius 2 is 2.06 bits per heavy atom. The van der Waals surface area contributed by atoms with Gasteiger partial charge in [0.1, 0.15) is 5.69 Å². The molecular weight excluding hydrogens is 231 g/mol. The highest BCUT2D eigenvalue weighted by Gasteiger charge is 2.24. The summed E-state index contributed by atoms with van der Waals surface area (Å²) in [4.78, 5) is 12.0. The number of nitrogens with zero attached hydrogens (tertiary/aromatic N) is 2. The number of benzene rings is 1. The second-order valence-corrected chi connectivity index (χ2v) is 4.69. The van der Waals surface area contributed by atoms with Crippen molar-refractivity contribution in [2.75, 3.05) is 29.5 Å². The van der Waals surface area contributed by atoms with E-state index in [9.17, 15) is 14.5 Å². The number of hydrogen-bond donors (Lipinski definition) is 0. The molecule has 1 saturated heterocycles. The smallest absolute Gasteiger partial charge is 0.327 e. The van der Waals surface area contributed by atoms with Gasteiger partial charge in [-0.25, -0.2) is 0 Å². The molecule has 0 bridgehead atoms. The zero-order valence-electron chi connectivity index (χ0n) is 8.56. The van der Waals surface area contributed by atoms with Gasteiger partial charge in [-0.15, -0.1) is 0 Å². The lowest BCUT2D eigenvalue weighted by atomic mass is 10.2. The molecule has 1 aliphatic rings. The van der Waals surface area contributed by atoms with Gasteiger partial charge in [0.05, 0.1) is 4.92 Å². The van der Waals surface area contributed by atoms with Crippen LogP contribution in [0.4, 0.5) is 15.8 Å². The molecule has 6 heteroatoms. The van der Waals surface area contributed by atoms with Gasteiger partial charge in [0.2, 0.25) is 5.82 Å². The first-order valence-electron chi connectivity index (χ1n) is 4.96. The maximum atomic E-state index is 13.4. The highest BCUT2D eigenvalue weighted by molar-refractivity contribution is 7.99. The van der Waals surface area contributed by atoms with E-state index in [-0.39, 0.29) is 0 Å². The summed E-state index contributed by atoms with van der Waals surface area (Å²) in [6, 6.07) is 4.25. The molecule has 0 aliphatic carbocycles. The predicted molar refractivity (Wildman–Crippen MR) is 62.6 cm³/mol. The second-order valence-electron chi connectivity index (χ2n) is 3.46. The summed E-state index contributed by atoms with van der Waals surface area (Å²) in [6.45, 7) is 1.46. The fourth-order valence-corrected chi connectivity index (χ4v) is 2.65. The van der Waals surface area contributed by atoms with Crippen LogP contribution in [0, 0.1) is 15.9 Å². The van der Waals surface area contributed by atoms with Crippen molar-refractivity contribution < 1.29 is 9.31 Å². The first-order chi connectivity index (χ1) is 7.70. The van der Waals surface area contributed by atoms with E-state index in [0.29, 0.717) is 5.69 Å². The second kappa shape index (κ2) is 4.69. The van der Waals surface area contributed by atoms with Gasteiger partial charge in [-0.3, -0.25) is 10.1 Å². The Morgan fingerprint density at radius 1 is 1.38 bits per heavy atom. The minimum atomic E-state index is -0.763. The minimum Gasteiger partial charge on any atom is -0.364 e. The van der Waals surface area contributed by atoms with Gasteiger partial charge < -0.3 is 4.90 Å². The lowest BCUT2D eigenvalue weighted by Gasteiger charge is -2.27. The molecule has 0 N–H and O–H groups in total. The number of rotatable bonds is 2. The van der Waals surface area contributed by atoms with Crippen molar-refractivity contribution in [3.05, 3.63) is 34.1 Å². The standard InChI is InChI=1S/C10H11FN2O2S/c11-8-2-1-3-9(10(8)13(14)15)12-4-6-16-7-5-12/h1-3H,4-7H2. The SMILES string of the molecule is O=[N+]([O-])c1c(F)cccc1N1CCSCC1. The molecule has 1 heterocycles. The van der Waals surface area contributed by atoms with Crippen LogP contribution in [0.25, 0.3) is 0 Å². The van der Waals surface area contributed by atoms with E-state index in [0.717, 1.165) is 30.7 Å². The Bertz CT molecular complexity index is 408. The molecule has 1 aromatic carbocycles. The van der Waals surface area contributed by atoms with Gasteiger partial charge in [-0.1, -0.05) is 6.07 Å². The van der Waals surface area contributed by atoms with Crippen molar-refractivity contribution in [2.24, 2.45) is 0 Å². The van der Waals surface area contributed by atoms with Gasteiger partial charge in [-0.2, -0.15) is 16.2 Å². The van der Waals surface area contributed by atoms with E-state index >= 15 is 0 Å². The summed E-state index contributed by atoms with van der Waals surface area (Å²) in [5.41, 5.74) is -0.0142. The van der Waals surface area contributed by atoms with Crippen LogP contribution in [-0.4, -0.2) is 29.5 Å². The van der Waals surface area contributed by atoms with Crippen LogP contribution >= 0.6 is 11.8 Å². The van der Waals surface area contributed by atoms with E-state index in [1.807, 2.05) is 4.90 Å². The third-order valence-electron chi connectivity index (χ3n) is 2.50. The summed E-state index contributed by atoms with van der Waals surface area (Å²) in [6.07, 6.45) is 0. The molecule has 86 valence electrons. The fourth-order valence-electron chi connectivity index (χ4n) is 1.74. The first kappa shape index (κ1) is 11.2. The molecule has 0 atom stereocenters. The number of hydrogen-bond acceptors (Lipinski definition) is 4. The summed E-state index contributed by atoms with van der Waals surface area (Å²) >= 11 is 1.81. The van der Waals surface area contributed by atoms with Gasteiger partial charge in [0.25, 0.3) is 0 Å². The molecule has 1 aromatic rings. The van der Waals surface area contributed by atoms with Crippen LogP contribution in [0.1, 0.15) is 0 Å². The number of anilines is 1. The van der Waals surface area contributed by atoms with Gasteiger partial charge >= 0.3 is 5.69 Å². The zero-order valence-corrected chi connectivity index (χ0v) is 9.37. The minimum absolute atomic E-state index is 0.394. The number of thioether (sulfide) groups is 1. The van der Waals surface area contributed by atoms with Crippen LogP contribution in [0.15, 0.2) is 18.2 Å². The Balaban J connectivity index is 2.38. The van der Waals surface area contributed by atoms with Crippen LogP contribution < -0.4 is 4.90 Å². The van der Waals surface area contributed by atoms with E-state index in [2.05, 4.69) is 0 Å². The van der Waals surface area contributed by atoms with Gasteiger partial charge in [0, 0.05) is 24.6 Å². The molecule has 4 nitrogen and oxygen atoms in total. The van der Waals surface area contributed by atoms with E-state index in [1.54, 1.807) is 17.8 Å². The normalized spacial score (nSPS) is 16.2. The first-order valence-corrected chi connectivity index (χ1v) is 6.11. The fraction of sp³-hybridized carbons (Fsp3) is 0.400. The Labute approximate surface area is 96.6 Å². The number of nitro benzene ring substituents is 1. The highest BCUT2D eigenvalue weighted by Crippen LogP contribution is 2.31. The number of para-hydroxylation sites is 1. The molecule has 0 radical (unpaired) electrons. The van der Waals surface area contributed by atoms with Crippen molar-refractivity contribution >= 4 is 23.1 Å². The Kier molecular flexibility index (Phi) is 3.28. The summed E-state index contributed by atoms with van der Waals surface area (Å²) in [5, 5.41) is 10.8. The molecular formula is C10H11FN2O2S. The number of halogens is 1. The van der Waals surface area contributed by atoms with E-state index in [1.165, 1.54) is 6.07 Å². The quantitative estimate of drug-likeness (QED) is 0.589. The van der Waals surface area contributed by atoms with Crippen molar-refractivity contribution in [1.29, 1.82) is 0 Å². The summed E-state index contributed by atoms with van der Waals surface area (Å²) < 4.78 is 13.4. The van der Waals surface area contributed by atoms with Crippen molar-refractivity contribution in [3.63, 3.8) is 0 Å². The summed E-state index contributed by atoms with van der Waals surface area (Å²) in [5.74, 6) is 1.09. The van der Waals surface area contributed by atoms with Crippen molar-refractivity contribution in [2.45, 2.75) is 0 Å². The van der Waals surface area contributed by atoms with Gasteiger partial charge in [0.15, 0.2) is 0 Å². The third-order valence-corrected chi connectivity index (χ3v) is 3.44. The van der Waals surface area contributed by atoms with Crippen LogP contribution in [-0.2, 0) is 0 Å². The van der Waals surface area contributed by atoms with Crippen LogP contribution in [0.3, 0.4) is 0 Å². The Hall–Kier alpha value is -1.30. The van der Waals surface area contributed by atoms with E-state index in [4.69, 9.17) is 0 Å². The molecule has 1 fully saturated rings. The molecule has 0 spiro atoms. The van der Waals surface area contributed by atoms with Gasteiger partial charge in [-0.05, 0) is 12.1 Å². The van der Waals surface area contributed by atoms with Crippen molar-refractivity contribution in [3.8, 4) is 0 Å². The lowest BCUT2D eigenvalue weighted by Crippen LogP contribution is -2.33. The third kappa shape index (κ3) is 2.11. The number of nitro groups is 1. The van der Waals surface area contributed by atoms with E-state index < -0.39 is 16.4 Å². The average Bonchev–Trinajstić information content (AvgIpc) is 2.29. The zero-order chi connectivity index (χ0) is 11.5. The average molecular weight is 242 g/mol. The largest absolute Gasteiger partial charge is 0.364 e. The van der Waals surface area contributed by atoms with Crippen LogP contribution in [0.5, 0.6) is 0 Å². The molecule has 2 rings (SSSR count). The maximum absolute atomic E-state index is 13.4. The Morgan fingerprint density at radius 3 is 2.69 bits per heavy atom. The summed E-state index contributed by atoms with van der Waals surface area (Å²) in [7, 11) is 0. The molecule has 1 aliphatic heterocycles. The molecule has 0 saturated carbocycles. The molecule has 0 unspecified atom stereocenters. The van der Waals surface area contributed by atoms with Crippen molar-refractivity contribution in [1.82, 2.24) is 0 Å². The topological polar surface area (TPSA) is 46.4 Å². The lowest BCUT2D eigenvalue weighted by molar-refractivity contribution is -0.386. The molecule has 0 amide bonds.